The quantitative estimate of drug-likeness (QED) is 0.849. The minimum Gasteiger partial charge on any atom is -0.469 e. The molecule has 1 aliphatic heterocycles. The first-order chi connectivity index (χ1) is 8.99. The van der Waals surface area contributed by atoms with Gasteiger partial charge in [-0.15, -0.1) is 0 Å². The molecule has 1 aromatic rings. The van der Waals surface area contributed by atoms with Crippen molar-refractivity contribution in [2.75, 3.05) is 7.11 Å². The van der Waals surface area contributed by atoms with Crippen molar-refractivity contribution in [2.45, 2.75) is 18.6 Å². The van der Waals surface area contributed by atoms with Crippen LogP contribution in [0.5, 0.6) is 0 Å². The second kappa shape index (κ2) is 5.21. The fourth-order valence-electron chi connectivity index (χ4n) is 1.92. The minimum atomic E-state index is -0.860. The number of alkyl carbamates (subject to hydrolysis) is 1. The molecule has 19 heavy (non-hydrogen) atoms. The van der Waals surface area contributed by atoms with Crippen LogP contribution in [0.2, 0.25) is 0 Å². The molecular weight excluding hydrogens is 260 g/mol. The zero-order valence-electron chi connectivity index (χ0n) is 9.98. The van der Waals surface area contributed by atoms with Gasteiger partial charge in [0.15, 0.2) is 0 Å². The Morgan fingerprint density at radius 1 is 1.37 bits per heavy atom. The summed E-state index contributed by atoms with van der Waals surface area (Å²) in [4.78, 5) is 22.4. The second-order valence-electron chi connectivity index (χ2n) is 4.05. The fourth-order valence-corrected chi connectivity index (χ4v) is 1.92. The van der Waals surface area contributed by atoms with E-state index >= 15 is 0 Å². The third-order valence-electron chi connectivity index (χ3n) is 2.74. The van der Waals surface area contributed by atoms with Gasteiger partial charge in [-0.05, 0) is 17.7 Å². The Bertz CT molecular complexity index is 500. The van der Waals surface area contributed by atoms with Gasteiger partial charge in [0.1, 0.15) is 17.7 Å². The van der Waals surface area contributed by atoms with Gasteiger partial charge >= 0.3 is 12.1 Å². The molecule has 0 spiro atoms. The lowest BCUT2D eigenvalue weighted by Gasteiger charge is -2.16. The Balaban J connectivity index is 2.25. The van der Waals surface area contributed by atoms with Crippen LogP contribution >= 0.6 is 0 Å². The van der Waals surface area contributed by atoms with Crippen LogP contribution in [0.1, 0.15) is 18.0 Å². The molecule has 1 saturated heterocycles. The number of amides is 1. The predicted molar refractivity (Wildman–Crippen MR) is 59.1 cm³/mol. The molecule has 1 N–H and O–H groups in total. The zero-order chi connectivity index (χ0) is 14.0. The van der Waals surface area contributed by atoms with Crippen LogP contribution in [0, 0.1) is 11.6 Å². The lowest BCUT2D eigenvalue weighted by atomic mass is 10.00. The molecule has 2 atom stereocenters. The van der Waals surface area contributed by atoms with Gasteiger partial charge in [0.05, 0.1) is 19.6 Å². The Morgan fingerprint density at radius 2 is 2.00 bits per heavy atom. The molecule has 1 amide bonds. The van der Waals surface area contributed by atoms with Crippen LogP contribution in [-0.2, 0) is 14.3 Å². The fraction of sp³-hybridized carbons (Fsp3) is 0.333. The first kappa shape index (κ1) is 13.3. The summed E-state index contributed by atoms with van der Waals surface area (Å²) in [5.74, 6) is -2.12. The predicted octanol–water partition coefficient (Wildman–Crippen LogP) is 1.68. The van der Waals surface area contributed by atoms with E-state index in [-0.39, 0.29) is 12.0 Å². The SMILES string of the molecule is COC(=O)C[C@@H]1OC(=O)N[C@H]1c1cc(F)cc(F)c1. The maximum Gasteiger partial charge on any atom is 0.408 e. The summed E-state index contributed by atoms with van der Waals surface area (Å²) in [5.41, 5.74) is 0.192. The van der Waals surface area contributed by atoms with E-state index in [1.807, 2.05) is 0 Å². The van der Waals surface area contributed by atoms with Crippen LogP contribution in [0.15, 0.2) is 18.2 Å². The number of cyclic esters (lactones) is 1. The normalized spacial score (nSPS) is 21.7. The molecule has 0 radical (unpaired) electrons. The number of methoxy groups -OCH3 is 1. The van der Waals surface area contributed by atoms with Gasteiger partial charge in [-0.25, -0.2) is 13.6 Å². The van der Waals surface area contributed by atoms with Crippen molar-refractivity contribution < 1.29 is 27.8 Å². The van der Waals surface area contributed by atoms with E-state index in [4.69, 9.17) is 4.74 Å². The first-order valence-electron chi connectivity index (χ1n) is 5.49. The molecule has 0 unspecified atom stereocenters. The topological polar surface area (TPSA) is 64.6 Å². The van der Waals surface area contributed by atoms with Crippen LogP contribution in [-0.4, -0.2) is 25.3 Å². The maximum atomic E-state index is 13.1. The van der Waals surface area contributed by atoms with Crippen LogP contribution in [0.25, 0.3) is 0 Å². The van der Waals surface area contributed by atoms with E-state index in [1.54, 1.807) is 0 Å². The van der Waals surface area contributed by atoms with Gasteiger partial charge in [0.25, 0.3) is 0 Å². The number of rotatable bonds is 3. The van der Waals surface area contributed by atoms with Crippen molar-refractivity contribution in [1.29, 1.82) is 0 Å². The lowest BCUT2D eigenvalue weighted by molar-refractivity contribution is -0.142. The summed E-state index contributed by atoms with van der Waals surface area (Å²) in [6.45, 7) is 0. The number of hydrogen-bond acceptors (Lipinski definition) is 4. The second-order valence-corrected chi connectivity index (χ2v) is 4.05. The molecule has 102 valence electrons. The Morgan fingerprint density at radius 3 is 2.58 bits per heavy atom. The molecule has 0 aliphatic carbocycles. The number of carbonyl (C=O) groups is 2. The number of carbonyl (C=O) groups excluding carboxylic acids is 2. The number of nitrogens with one attached hydrogen (secondary N) is 1. The van der Waals surface area contributed by atoms with Crippen LogP contribution in [0.4, 0.5) is 13.6 Å². The van der Waals surface area contributed by atoms with E-state index < -0.39 is 35.8 Å². The number of esters is 1. The zero-order valence-corrected chi connectivity index (χ0v) is 9.98. The molecule has 1 heterocycles. The highest BCUT2D eigenvalue weighted by Gasteiger charge is 2.37. The number of ether oxygens (including phenoxy) is 2. The number of halogens is 2. The first-order valence-corrected chi connectivity index (χ1v) is 5.49. The van der Waals surface area contributed by atoms with E-state index in [9.17, 15) is 18.4 Å². The van der Waals surface area contributed by atoms with E-state index in [0.29, 0.717) is 0 Å². The van der Waals surface area contributed by atoms with Gasteiger partial charge in [-0.2, -0.15) is 0 Å². The van der Waals surface area contributed by atoms with Crippen molar-refractivity contribution >= 4 is 12.1 Å². The smallest absolute Gasteiger partial charge is 0.408 e. The average Bonchev–Trinajstić information content (AvgIpc) is 2.68. The summed E-state index contributed by atoms with van der Waals surface area (Å²) in [7, 11) is 1.20. The standard InChI is InChI=1S/C12H11F2NO4/c1-18-10(16)5-9-11(15-12(17)19-9)6-2-7(13)4-8(14)3-6/h2-4,9,11H,5H2,1H3,(H,15,17)/t9-,11-/m0/s1. The van der Waals surface area contributed by atoms with Crippen molar-refractivity contribution in [1.82, 2.24) is 5.32 Å². The third kappa shape index (κ3) is 2.98. The maximum absolute atomic E-state index is 13.1. The van der Waals surface area contributed by atoms with Gasteiger partial charge in [-0.3, -0.25) is 4.79 Å². The molecule has 7 heteroatoms. The number of benzene rings is 1. The van der Waals surface area contributed by atoms with E-state index in [0.717, 1.165) is 18.2 Å². The van der Waals surface area contributed by atoms with E-state index in [1.165, 1.54) is 7.11 Å². The monoisotopic (exact) mass is 271 g/mol. The molecule has 0 bridgehead atoms. The molecule has 1 aliphatic rings. The molecule has 2 rings (SSSR count). The molecule has 5 nitrogen and oxygen atoms in total. The molecule has 1 aromatic carbocycles. The minimum absolute atomic E-state index is 0.192. The largest absolute Gasteiger partial charge is 0.469 e. The van der Waals surface area contributed by atoms with Crippen LogP contribution in [0.3, 0.4) is 0 Å². The Labute approximate surface area is 107 Å². The van der Waals surface area contributed by atoms with Gasteiger partial charge in [0.2, 0.25) is 0 Å². The highest BCUT2D eigenvalue weighted by Crippen LogP contribution is 2.28. The highest BCUT2D eigenvalue weighted by molar-refractivity contribution is 5.74. The molecule has 0 aromatic heterocycles. The van der Waals surface area contributed by atoms with Crippen molar-refractivity contribution in [3.05, 3.63) is 35.4 Å². The van der Waals surface area contributed by atoms with Crippen molar-refractivity contribution in [3.8, 4) is 0 Å². The van der Waals surface area contributed by atoms with E-state index in [2.05, 4.69) is 10.1 Å². The molecule has 0 saturated carbocycles. The summed E-state index contributed by atoms with van der Waals surface area (Å²) in [6, 6.07) is 2.08. The van der Waals surface area contributed by atoms with Gasteiger partial charge in [0, 0.05) is 6.07 Å². The van der Waals surface area contributed by atoms with Gasteiger partial charge < -0.3 is 14.8 Å². The molecular formula is C12H11F2NO4. The van der Waals surface area contributed by atoms with Crippen molar-refractivity contribution in [3.63, 3.8) is 0 Å². The summed E-state index contributed by atoms with van der Waals surface area (Å²) in [6.07, 6.45) is -1.80. The number of hydrogen-bond donors (Lipinski definition) is 1. The van der Waals surface area contributed by atoms with Crippen LogP contribution < -0.4 is 5.32 Å². The highest BCUT2D eigenvalue weighted by atomic mass is 19.1. The Hall–Kier alpha value is -2.18. The van der Waals surface area contributed by atoms with Crippen molar-refractivity contribution in [2.24, 2.45) is 0 Å². The Kier molecular flexibility index (Phi) is 3.64. The summed E-state index contributed by atoms with van der Waals surface area (Å²) in [5, 5.41) is 2.40. The summed E-state index contributed by atoms with van der Waals surface area (Å²) < 4.78 is 35.7. The third-order valence-corrected chi connectivity index (χ3v) is 2.74. The van der Waals surface area contributed by atoms with Gasteiger partial charge in [-0.1, -0.05) is 0 Å². The lowest BCUT2D eigenvalue weighted by Crippen LogP contribution is -2.25. The molecule has 1 fully saturated rings. The summed E-state index contributed by atoms with van der Waals surface area (Å²) >= 11 is 0. The average molecular weight is 271 g/mol.